The zero-order valence-electron chi connectivity index (χ0n) is 14.5. The van der Waals surface area contributed by atoms with E-state index in [9.17, 15) is 14.7 Å². The summed E-state index contributed by atoms with van der Waals surface area (Å²) in [5.74, 6) is -1.33. The summed E-state index contributed by atoms with van der Waals surface area (Å²) in [7, 11) is 0. The summed E-state index contributed by atoms with van der Waals surface area (Å²) in [6.07, 6.45) is -1.01. The Morgan fingerprint density at radius 3 is 2.50 bits per heavy atom. The van der Waals surface area contributed by atoms with Gasteiger partial charge in [0.2, 0.25) is 0 Å². The predicted molar refractivity (Wildman–Crippen MR) is 100 cm³/mol. The average molecular weight is 349 g/mol. The highest BCUT2D eigenvalue weighted by Crippen LogP contribution is 2.23. The number of hydrogen-bond donors (Lipinski definition) is 2. The molecule has 5 heteroatoms. The molecule has 132 valence electrons. The minimum Gasteiger partial charge on any atom is -0.507 e. The second-order valence-corrected chi connectivity index (χ2v) is 6.07. The Balaban J connectivity index is 1.69. The molecular formula is C21H19NO4. The summed E-state index contributed by atoms with van der Waals surface area (Å²) in [5.41, 5.74) is 1.22. The SMILES string of the molecule is Cc1cccc(C(=O)O[C@@H](C)C(=O)Nc2ccc3ccccc3c2)c1O. The van der Waals surface area contributed by atoms with Crippen molar-refractivity contribution < 1.29 is 19.4 Å². The lowest BCUT2D eigenvalue weighted by atomic mass is 10.1. The van der Waals surface area contributed by atoms with E-state index in [2.05, 4.69) is 5.32 Å². The second kappa shape index (κ2) is 7.27. The smallest absolute Gasteiger partial charge is 0.342 e. The van der Waals surface area contributed by atoms with Crippen molar-refractivity contribution in [1.82, 2.24) is 0 Å². The minimum atomic E-state index is -1.01. The van der Waals surface area contributed by atoms with Gasteiger partial charge in [-0.05, 0) is 48.4 Å². The van der Waals surface area contributed by atoms with E-state index < -0.39 is 18.0 Å². The highest BCUT2D eigenvalue weighted by molar-refractivity contribution is 5.99. The number of rotatable bonds is 4. The van der Waals surface area contributed by atoms with Crippen molar-refractivity contribution in [2.45, 2.75) is 20.0 Å². The molecule has 0 aliphatic heterocycles. The van der Waals surface area contributed by atoms with Gasteiger partial charge in [-0.2, -0.15) is 0 Å². The lowest BCUT2D eigenvalue weighted by Gasteiger charge is -2.14. The topological polar surface area (TPSA) is 75.6 Å². The molecule has 0 aromatic heterocycles. The number of aromatic hydroxyl groups is 1. The molecule has 3 aromatic carbocycles. The molecule has 3 rings (SSSR count). The van der Waals surface area contributed by atoms with Crippen molar-refractivity contribution in [2.24, 2.45) is 0 Å². The van der Waals surface area contributed by atoms with Gasteiger partial charge in [0.05, 0.1) is 0 Å². The standard InChI is InChI=1S/C21H19NO4/c1-13-6-5-9-18(19(13)23)21(25)26-14(2)20(24)22-17-11-10-15-7-3-4-8-16(15)12-17/h3-12,14,23H,1-2H3,(H,22,24)/t14-/m0/s1. The number of nitrogens with one attached hydrogen (secondary N) is 1. The number of carbonyl (C=O) groups excluding carboxylic acids is 2. The van der Waals surface area contributed by atoms with Gasteiger partial charge in [-0.25, -0.2) is 4.79 Å². The third-order valence-corrected chi connectivity index (χ3v) is 4.13. The van der Waals surface area contributed by atoms with Crippen LogP contribution in [0.4, 0.5) is 5.69 Å². The van der Waals surface area contributed by atoms with E-state index in [1.165, 1.54) is 13.0 Å². The lowest BCUT2D eigenvalue weighted by molar-refractivity contribution is -0.123. The van der Waals surface area contributed by atoms with Crippen LogP contribution in [0.15, 0.2) is 60.7 Å². The van der Waals surface area contributed by atoms with Crippen LogP contribution in [0.5, 0.6) is 5.75 Å². The van der Waals surface area contributed by atoms with Gasteiger partial charge < -0.3 is 15.2 Å². The Morgan fingerprint density at radius 2 is 1.73 bits per heavy atom. The number of phenols is 1. The zero-order chi connectivity index (χ0) is 18.7. The first-order valence-electron chi connectivity index (χ1n) is 8.25. The van der Waals surface area contributed by atoms with Crippen LogP contribution in [0.2, 0.25) is 0 Å². The van der Waals surface area contributed by atoms with Gasteiger partial charge in [-0.1, -0.05) is 42.5 Å². The van der Waals surface area contributed by atoms with Gasteiger partial charge in [0, 0.05) is 5.69 Å². The quantitative estimate of drug-likeness (QED) is 0.697. The maximum Gasteiger partial charge on any atom is 0.342 e. The second-order valence-electron chi connectivity index (χ2n) is 6.07. The van der Waals surface area contributed by atoms with Gasteiger partial charge >= 0.3 is 5.97 Å². The zero-order valence-corrected chi connectivity index (χ0v) is 14.5. The summed E-state index contributed by atoms with van der Waals surface area (Å²) < 4.78 is 5.18. The van der Waals surface area contributed by atoms with Gasteiger partial charge in [0.25, 0.3) is 5.91 Å². The van der Waals surface area contributed by atoms with Gasteiger partial charge in [-0.15, -0.1) is 0 Å². The fourth-order valence-electron chi connectivity index (χ4n) is 2.61. The van der Waals surface area contributed by atoms with E-state index in [4.69, 9.17) is 4.74 Å². The molecule has 0 aliphatic rings. The molecule has 0 radical (unpaired) electrons. The lowest BCUT2D eigenvalue weighted by Crippen LogP contribution is -2.30. The van der Waals surface area contributed by atoms with Crippen molar-refractivity contribution >= 4 is 28.3 Å². The fourth-order valence-corrected chi connectivity index (χ4v) is 2.61. The average Bonchev–Trinajstić information content (AvgIpc) is 2.63. The number of carbonyl (C=O) groups is 2. The summed E-state index contributed by atoms with van der Waals surface area (Å²) in [4.78, 5) is 24.5. The summed E-state index contributed by atoms with van der Waals surface area (Å²) >= 11 is 0. The van der Waals surface area contributed by atoms with E-state index in [0.29, 0.717) is 11.3 Å². The third kappa shape index (κ3) is 3.67. The van der Waals surface area contributed by atoms with Crippen LogP contribution >= 0.6 is 0 Å². The molecule has 0 fully saturated rings. The Hall–Kier alpha value is -3.34. The number of esters is 1. The molecule has 0 saturated heterocycles. The first-order chi connectivity index (χ1) is 12.5. The molecule has 26 heavy (non-hydrogen) atoms. The molecule has 1 atom stereocenters. The molecule has 0 bridgehead atoms. The predicted octanol–water partition coefficient (Wildman–Crippen LogP) is 4.04. The number of phenolic OH excluding ortho intramolecular Hbond substituents is 1. The molecule has 0 spiro atoms. The molecule has 5 nitrogen and oxygen atoms in total. The maximum atomic E-state index is 12.3. The molecule has 2 N–H and O–H groups in total. The summed E-state index contributed by atoms with van der Waals surface area (Å²) in [6, 6.07) is 18.2. The Morgan fingerprint density at radius 1 is 1.00 bits per heavy atom. The first-order valence-corrected chi connectivity index (χ1v) is 8.25. The fraction of sp³-hybridized carbons (Fsp3) is 0.143. The Bertz CT molecular complexity index is 981. The molecule has 1 amide bonds. The van der Waals surface area contributed by atoms with Gasteiger partial charge in [0.1, 0.15) is 11.3 Å². The normalized spacial score (nSPS) is 11.8. The van der Waals surface area contributed by atoms with Crippen molar-refractivity contribution in [3.63, 3.8) is 0 Å². The first kappa shape index (κ1) is 17.5. The van der Waals surface area contributed by atoms with Crippen LogP contribution in [0.25, 0.3) is 10.8 Å². The molecule has 0 unspecified atom stereocenters. The third-order valence-electron chi connectivity index (χ3n) is 4.13. The van der Waals surface area contributed by atoms with Crippen molar-refractivity contribution in [3.8, 4) is 5.75 Å². The van der Waals surface area contributed by atoms with Gasteiger partial charge in [-0.3, -0.25) is 4.79 Å². The molecule has 0 aliphatic carbocycles. The summed E-state index contributed by atoms with van der Waals surface area (Å²) in [5, 5.41) is 14.8. The largest absolute Gasteiger partial charge is 0.507 e. The van der Waals surface area contributed by atoms with Crippen LogP contribution < -0.4 is 5.32 Å². The van der Waals surface area contributed by atoms with Crippen LogP contribution in [-0.2, 0) is 9.53 Å². The van der Waals surface area contributed by atoms with E-state index in [-0.39, 0.29) is 11.3 Å². The monoisotopic (exact) mass is 349 g/mol. The molecule has 3 aromatic rings. The number of fused-ring (bicyclic) bond motifs is 1. The molecular weight excluding hydrogens is 330 g/mol. The van der Waals surface area contributed by atoms with E-state index in [1.807, 2.05) is 36.4 Å². The number of hydrogen-bond acceptors (Lipinski definition) is 4. The molecule has 0 saturated carbocycles. The number of benzene rings is 3. The minimum absolute atomic E-state index is 0.0374. The number of aryl methyl sites for hydroxylation is 1. The van der Waals surface area contributed by atoms with Crippen LogP contribution in [-0.4, -0.2) is 23.1 Å². The van der Waals surface area contributed by atoms with Crippen LogP contribution in [0.1, 0.15) is 22.8 Å². The maximum absolute atomic E-state index is 12.3. The van der Waals surface area contributed by atoms with E-state index in [0.717, 1.165) is 10.8 Å². The Kier molecular flexibility index (Phi) is 4.89. The molecule has 0 heterocycles. The van der Waals surface area contributed by atoms with Crippen molar-refractivity contribution in [2.75, 3.05) is 5.32 Å². The Labute approximate surface area is 151 Å². The number of anilines is 1. The van der Waals surface area contributed by atoms with Crippen molar-refractivity contribution in [3.05, 3.63) is 71.8 Å². The van der Waals surface area contributed by atoms with Gasteiger partial charge in [0.15, 0.2) is 6.10 Å². The van der Waals surface area contributed by atoms with Crippen LogP contribution in [0.3, 0.4) is 0 Å². The summed E-state index contributed by atoms with van der Waals surface area (Å²) in [6.45, 7) is 3.17. The highest BCUT2D eigenvalue weighted by atomic mass is 16.5. The van der Waals surface area contributed by atoms with E-state index >= 15 is 0 Å². The van der Waals surface area contributed by atoms with Crippen molar-refractivity contribution in [1.29, 1.82) is 0 Å². The van der Waals surface area contributed by atoms with Crippen LogP contribution in [0, 0.1) is 6.92 Å². The number of amides is 1. The number of para-hydroxylation sites is 1. The van der Waals surface area contributed by atoms with E-state index in [1.54, 1.807) is 25.1 Å². The highest BCUT2D eigenvalue weighted by Gasteiger charge is 2.21. The number of ether oxygens (including phenoxy) is 1.